The normalized spacial score (nSPS) is 18.8. The van der Waals surface area contributed by atoms with Crippen LogP contribution in [0.1, 0.15) is 38.8 Å². The first-order valence-corrected chi connectivity index (χ1v) is 10.8. The summed E-state index contributed by atoms with van der Waals surface area (Å²) < 4.78 is 0. The quantitative estimate of drug-likeness (QED) is 0.665. The van der Waals surface area contributed by atoms with Crippen LogP contribution in [0.2, 0.25) is 10.0 Å². The number of likely N-dealkylation sites (N-methyl/N-ethyl adjacent to an activating group) is 1. The molecule has 0 aliphatic carbocycles. The number of benzene rings is 1. The van der Waals surface area contributed by atoms with E-state index in [1.54, 1.807) is 18.2 Å². The van der Waals surface area contributed by atoms with E-state index in [2.05, 4.69) is 24.5 Å². The molecule has 1 atom stereocenters. The van der Waals surface area contributed by atoms with Crippen molar-refractivity contribution in [3.05, 3.63) is 45.1 Å². The van der Waals surface area contributed by atoms with Crippen LogP contribution < -0.4 is 10.6 Å². The summed E-state index contributed by atoms with van der Waals surface area (Å²) in [5, 5.41) is 6.55. The molecular formula is C21H26Cl2N4O3. The fourth-order valence-corrected chi connectivity index (χ4v) is 4.23. The van der Waals surface area contributed by atoms with Crippen molar-refractivity contribution in [3.63, 3.8) is 0 Å². The molecule has 162 valence electrons. The topological polar surface area (TPSA) is 81.8 Å². The van der Waals surface area contributed by atoms with E-state index in [4.69, 9.17) is 23.2 Å². The molecule has 0 fully saturated rings. The molecule has 0 radical (unpaired) electrons. The van der Waals surface area contributed by atoms with Gasteiger partial charge in [-0.2, -0.15) is 0 Å². The number of carbonyl (C=O) groups excluding carboxylic acids is 3. The van der Waals surface area contributed by atoms with Crippen LogP contribution in [0.25, 0.3) is 0 Å². The zero-order valence-corrected chi connectivity index (χ0v) is 18.8. The van der Waals surface area contributed by atoms with Gasteiger partial charge >= 0.3 is 6.03 Å². The first-order chi connectivity index (χ1) is 14.2. The monoisotopic (exact) mass is 452 g/mol. The third-order valence-corrected chi connectivity index (χ3v) is 5.83. The lowest BCUT2D eigenvalue weighted by Crippen LogP contribution is -2.47. The minimum absolute atomic E-state index is 0.0588. The van der Waals surface area contributed by atoms with Gasteiger partial charge in [-0.1, -0.05) is 43.1 Å². The van der Waals surface area contributed by atoms with Gasteiger partial charge in [0.05, 0.1) is 23.9 Å². The van der Waals surface area contributed by atoms with Gasteiger partial charge in [0.1, 0.15) is 6.54 Å². The predicted molar refractivity (Wildman–Crippen MR) is 116 cm³/mol. The van der Waals surface area contributed by atoms with Gasteiger partial charge in [0.2, 0.25) is 5.91 Å². The molecule has 0 spiro atoms. The van der Waals surface area contributed by atoms with Gasteiger partial charge in [-0.15, -0.1) is 0 Å². The smallest absolute Gasteiger partial charge is 0.322 e. The van der Waals surface area contributed by atoms with Crippen LogP contribution in [-0.2, 0) is 9.59 Å². The Morgan fingerprint density at radius 3 is 2.67 bits per heavy atom. The van der Waals surface area contributed by atoms with E-state index in [-0.39, 0.29) is 30.9 Å². The summed E-state index contributed by atoms with van der Waals surface area (Å²) in [7, 11) is 0. The van der Waals surface area contributed by atoms with Crippen LogP contribution >= 0.6 is 23.2 Å². The van der Waals surface area contributed by atoms with Gasteiger partial charge in [-0.05, 0) is 37.0 Å². The number of rotatable bonds is 7. The van der Waals surface area contributed by atoms with Crippen LogP contribution in [0.15, 0.2) is 29.5 Å². The molecule has 0 unspecified atom stereocenters. The van der Waals surface area contributed by atoms with Crippen molar-refractivity contribution in [3.8, 4) is 0 Å². The molecule has 9 heteroatoms. The number of amides is 4. The first-order valence-electron chi connectivity index (χ1n) is 10.0. The Labute approximate surface area is 186 Å². The maximum Gasteiger partial charge on any atom is 0.322 e. The summed E-state index contributed by atoms with van der Waals surface area (Å²) in [4.78, 5) is 41.2. The summed E-state index contributed by atoms with van der Waals surface area (Å²) in [6, 6.07) is 3.96. The molecule has 3 rings (SSSR count). The van der Waals surface area contributed by atoms with Crippen molar-refractivity contribution in [1.29, 1.82) is 0 Å². The van der Waals surface area contributed by atoms with E-state index >= 15 is 0 Å². The van der Waals surface area contributed by atoms with E-state index in [9.17, 15) is 14.4 Å². The van der Waals surface area contributed by atoms with E-state index < -0.39 is 6.04 Å². The molecule has 2 N–H and O–H groups in total. The van der Waals surface area contributed by atoms with Gasteiger partial charge in [0.25, 0.3) is 5.91 Å². The summed E-state index contributed by atoms with van der Waals surface area (Å²) >= 11 is 12.4. The molecule has 4 amide bonds. The Morgan fingerprint density at radius 1 is 1.30 bits per heavy atom. The van der Waals surface area contributed by atoms with Crippen LogP contribution in [-0.4, -0.2) is 53.8 Å². The highest BCUT2D eigenvalue weighted by atomic mass is 35.5. The standard InChI is InChI=1S/C21H26Cl2N4O3/c1-4-27-16-10-26(11-17(28)24-8-7-12(2)3)20(29)18(16)19(25-21(27)30)14-6-5-13(22)9-15(14)23/h5-6,9,12,19H,4,7-8,10-11H2,1-3H3,(H,24,28)(H,25,30)/t19-/m1/s1. The molecular weight excluding hydrogens is 427 g/mol. The lowest BCUT2D eigenvalue weighted by Gasteiger charge is -2.33. The van der Waals surface area contributed by atoms with Crippen LogP contribution in [0.5, 0.6) is 0 Å². The molecule has 7 nitrogen and oxygen atoms in total. The molecule has 0 bridgehead atoms. The van der Waals surface area contributed by atoms with E-state index in [0.29, 0.717) is 45.9 Å². The summed E-state index contributed by atoms with van der Waals surface area (Å²) in [5.41, 5.74) is 1.64. The number of hydrogen-bond donors (Lipinski definition) is 2. The molecule has 0 saturated carbocycles. The molecule has 2 heterocycles. The van der Waals surface area contributed by atoms with Crippen LogP contribution in [0.3, 0.4) is 0 Å². The van der Waals surface area contributed by atoms with E-state index in [1.807, 2.05) is 6.92 Å². The predicted octanol–water partition coefficient (Wildman–Crippen LogP) is 3.34. The van der Waals surface area contributed by atoms with Crippen LogP contribution in [0, 0.1) is 5.92 Å². The van der Waals surface area contributed by atoms with Gasteiger partial charge in [0, 0.05) is 23.1 Å². The molecule has 0 saturated heterocycles. The molecule has 2 aliphatic heterocycles. The summed E-state index contributed by atoms with van der Waals surface area (Å²) in [6.45, 7) is 7.12. The number of halogens is 2. The second-order valence-corrected chi connectivity index (χ2v) is 8.69. The minimum Gasteiger partial charge on any atom is -0.355 e. The summed E-state index contributed by atoms with van der Waals surface area (Å²) in [6.07, 6.45) is 0.869. The number of carbonyl (C=O) groups is 3. The molecule has 30 heavy (non-hydrogen) atoms. The molecule has 1 aromatic rings. The third-order valence-electron chi connectivity index (χ3n) is 5.26. The number of urea groups is 1. The number of nitrogens with one attached hydrogen (secondary N) is 2. The maximum absolute atomic E-state index is 13.2. The fraction of sp³-hybridized carbons (Fsp3) is 0.476. The van der Waals surface area contributed by atoms with Crippen molar-refractivity contribution >= 4 is 41.0 Å². The Balaban J connectivity index is 1.84. The fourth-order valence-electron chi connectivity index (χ4n) is 3.71. The minimum atomic E-state index is -0.693. The Kier molecular flexibility index (Phi) is 6.93. The van der Waals surface area contributed by atoms with Crippen molar-refractivity contribution < 1.29 is 14.4 Å². The third kappa shape index (κ3) is 4.57. The van der Waals surface area contributed by atoms with Crippen molar-refractivity contribution in [1.82, 2.24) is 20.4 Å². The van der Waals surface area contributed by atoms with Crippen molar-refractivity contribution in [2.75, 3.05) is 26.2 Å². The lowest BCUT2D eigenvalue weighted by molar-refractivity contribution is -0.131. The molecule has 1 aromatic carbocycles. The van der Waals surface area contributed by atoms with Gasteiger partial charge < -0.3 is 15.5 Å². The van der Waals surface area contributed by atoms with Crippen LogP contribution in [0.4, 0.5) is 4.79 Å². The van der Waals surface area contributed by atoms with Gasteiger partial charge in [-0.3, -0.25) is 14.5 Å². The SMILES string of the molecule is CCN1C(=O)N[C@H](c2ccc(Cl)cc2Cl)C2=C1CN(CC(=O)NCCC(C)C)C2=O. The largest absolute Gasteiger partial charge is 0.355 e. The van der Waals surface area contributed by atoms with Gasteiger partial charge in [-0.25, -0.2) is 4.79 Å². The van der Waals surface area contributed by atoms with Crippen molar-refractivity contribution in [2.45, 2.75) is 33.2 Å². The average molecular weight is 453 g/mol. The lowest BCUT2D eigenvalue weighted by atomic mass is 9.95. The first kappa shape index (κ1) is 22.4. The van der Waals surface area contributed by atoms with Gasteiger partial charge in [0.15, 0.2) is 0 Å². The zero-order valence-electron chi connectivity index (χ0n) is 17.3. The Bertz CT molecular complexity index is 900. The van der Waals surface area contributed by atoms with Crippen molar-refractivity contribution in [2.24, 2.45) is 5.92 Å². The second-order valence-electron chi connectivity index (χ2n) is 7.85. The average Bonchev–Trinajstić information content (AvgIpc) is 2.97. The molecule has 0 aromatic heterocycles. The Morgan fingerprint density at radius 2 is 2.03 bits per heavy atom. The highest BCUT2D eigenvalue weighted by Crippen LogP contribution is 2.39. The number of nitrogens with zero attached hydrogens (tertiary/aromatic N) is 2. The van der Waals surface area contributed by atoms with E-state index in [0.717, 1.165) is 6.42 Å². The Hall–Kier alpha value is -2.25. The van der Waals surface area contributed by atoms with E-state index in [1.165, 1.54) is 9.80 Å². The molecule has 2 aliphatic rings. The zero-order chi connectivity index (χ0) is 22.0. The summed E-state index contributed by atoms with van der Waals surface area (Å²) in [5.74, 6) is -0.0153. The highest BCUT2D eigenvalue weighted by molar-refractivity contribution is 6.35. The second kappa shape index (κ2) is 9.27. The highest BCUT2D eigenvalue weighted by Gasteiger charge is 2.44. The number of hydrogen-bond acceptors (Lipinski definition) is 3. The maximum atomic E-state index is 13.2.